The van der Waals surface area contributed by atoms with Crippen LogP contribution >= 0.6 is 35.0 Å². The first-order chi connectivity index (χ1) is 7.69. The highest BCUT2D eigenvalue weighted by atomic mass is 35.5. The molecular weight excluding hydrogens is 266 g/mol. The van der Waals surface area contributed by atoms with E-state index in [-0.39, 0.29) is 6.04 Å². The van der Waals surface area contributed by atoms with Crippen molar-refractivity contribution in [3.63, 3.8) is 0 Å². The SMILES string of the molecule is N#CCC(CCl)N(Cl)Cc1ccccc1Cl. The highest BCUT2D eigenvalue weighted by Gasteiger charge is 2.16. The third-order valence-electron chi connectivity index (χ3n) is 2.18. The van der Waals surface area contributed by atoms with Crippen LogP contribution in [0.25, 0.3) is 0 Å². The molecule has 16 heavy (non-hydrogen) atoms. The van der Waals surface area contributed by atoms with E-state index < -0.39 is 0 Å². The molecular formula is C11H11Cl3N2. The lowest BCUT2D eigenvalue weighted by molar-refractivity contribution is 0.361. The average molecular weight is 278 g/mol. The van der Waals surface area contributed by atoms with Gasteiger partial charge in [0.15, 0.2) is 0 Å². The van der Waals surface area contributed by atoms with E-state index in [0.29, 0.717) is 23.9 Å². The topological polar surface area (TPSA) is 27.0 Å². The number of nitrogens with zero attached hydrogens (tertiary/aromatic N) is 2. The Morgan fingerprint density at radius 3 is 2.62 bits per heavy atom. The van der Waals surface area contributed by atoms with E-state index in [1.54, 1.807) is 0 Å². The van der Waals surface area contributed by atoms with E-state index in [1.807, 2.05) is 24.3 Å². The Morgan fingerprint density at radius 2 is 2.06 bits per heavy atom. The molecule has 0 amide bonds. The molecule has 0 spiro atoms. The number of hydrogen-bond acceptors (Lipinski definition) is 2. The van der Waals surface area contributed by atoms with Crippen molar-refractivity contribution in [2.75, 3.05) is 5.88 Å². The molecule has 0 fully saturated rings. The first-order valence-corrected chi connectivity index (χ1v) is 6.02. The fourth-order valence-corrected chi connectivity index (χ4v) is 2.06. The number of benzene rings is 1. The second-order valence-electron chi connectivity index (χ2n) is 3.32. The standard InChI is InChI=1S/C11H11Cl3N2/c12-7-10(5-6-15)16(14)8-9-3-1-2-4-11(9)13/h1-4,10H,5,7-8H2. The molecule has 0 aliphatic carbocycles. The van der Waals surface area contributed by atoms with E-state index in [4.69, 9.17) is 40.2 Å². The van der Waals surface area contributed by atoms with Gasteiger partial charge in [0.25, 0.3) is 0 Å². The Morgan fingerprint density at radius 1 is 1.38 bits per heavy atom. The first-order valence-electron chi connectivity index (χ1n) is 4.77. The Balaban J connectivity index is 2.67. The summed E-state index contributed by atoms with van der Waals surface area (Å²) in [6.45, 7) is 0.473. The van der Waals surface area contributed by atoms with E-state index >= 15 is 0 Å². The molecule has 1 rings (SSSR count). The van der Waals surface area contributed by atoms with Gasteiger partial charge in [-0.2, -0.15) is 5.26 Å². The van der Waals surface area contributed by atoms with Gasteiger partial charge >= 0.3 is 0 Å². The van der Waals surface area contributed by atoms with Crippen LogP contribution < -0.4 is 0 Å². The first kappa shape index (κ1) is 13.6. The third kappa shape index (κ3) is 3.84. The molecule has 5 heteroatoms. The summed E-state index contributed by atoms with van der Waals surface area (Å²) in [5, 5.41) is 9.28. The van der Waals surface area contributed by atoms with Crippen LogP contribution in [-0.4, -0.2) is 16.3 Å². The molecule has 0 radical (unpaired) electrons. The Bertz CT molecular complexity index is 376. The van der Waals surface area contributed by atoms with Crippen LogP contribution in [0.3, 0.4) is 0 Å². The van der Waals surface area contributed by atoms with Gasteiger partial charge < -0.3 is 0 Å². The van der Waals surface area contributed by atoms with Crippen LogP contribution in [0, 0.1) is 11.3 Å². The highest BCUT2D eigenvalue weighted by Crippen LogP contribution is 2.20. The van der Waals surface area contributed by atoms with Crippen LogP contribution in [0.15, 0.2) is 24.3 Å². The van der Waals surface area contributed by atoms with Crippen LogP contribution in [-0.2, 0) is 6.54 Å². The summed E-state index contributed by atoms with van der Waals surface area (Å²) < 4.78 is 1.53. The second kappa shape index (κ2) is 6.98. The molecule has 86 valence electrons. The number of halogens is 3. The summed E-state index contributed by atoms with van der Waals surface area (Å²) in [5.74, 6) is 0.321. The quantitative estimate of drug-likeness (QED) is 0.604. The number of hydrogen-bond donors (Lipinski definition) is 0. The lowest BCUT2D eigenvalue weighted by atomic mass is 10.2. The maximum atomic E-state index is 8.62. The van der Waals surface area contributed by atoms with Crippen LogP contribution in [0.5, 0.6) is 0 Å². The molecule has 2 nitrogen and oxygen atoms in total. The molecule has 1 aromatic carbocycles. The van der Waals surface area contributed by atoms with Crippen molar-refractivity contribution in [2.45, 2.75) is 19.0 Å². The molecule has 0 saturated carbocycles. The van der Waals surface area contributed by atoms with Gasteiger partial charge in [-0.3, -0.25) is 0 Å². The smallest absolute Gasteiger partial charge is 0.0639 e. The molecule has 1 unspecified atom stereocenters. The summed E-state index contributed by atoms with van der Waals surface area (Å²) in [6, 6.07) is 9.35. The molecule has 1 aromatic rings. The normalized spacial score (nSPS) is 12.4. The third-order valence-corrected chi connectivity index (χ3v) is 3.30. The van der Waals surface area contributed by atoms with Gasteiger partial charge in [0.2, 0.25) is 0 Å². The van der Waals surface area contributed by atoms with Gasteiger partial charge in [-0.25, -0.2) is 4.42 Å². The van der Waals surface area contributed by atoms with E-state index in [9.17, 15) is 0 Å². The fraction of sp³-hybridized carbons (Fsp3) is 0.364. The van der Waals surface area contributed by atoms with Crippen LogP contribution in [0.4, 0.5) is 0 Å². The predicted octanol–water partition coefficient (Wildman–Crippen LogP) is 3.82. The molecule has 0 N–H and O–H groups in total. The molecule has 0 aromatic heterocycles. The summed E-state index contributed by atoms with van der Waals surface area (Å²) in [7, 11) is 0. The molecule has 1 atom stereocenters. The summed E-state index contributed by atoms with van der Waals surface area (Å²) in [5.41, 5.74) is 0.923. The fourth-order valence-electron chi connectivity index (χ4n) is 1.25. The maximum Gasteiger partial charge on any atom is 0.0639 e. The zero-order chi connectivity index (χ0) is 12.0. The molecule has 0 bridgehead atoms. The zero-order valence-electron chi connectivity index (χ0n) is 8.54. The summed E-state index contributed by atoms with van der Waals surface area (Å²) in [6.07, 6.45) is 0.303. The van der Waals surface area contributed by atoms with Crippen molar-refractivity contribution in [2.24, 2.45) is 0 Å². The van der Waals surface area contributed by atoms with Crippen molar-refractivity contribution in [3.8, 4) is 6.07 Å². The maximum absolute atomic E-state index is 8.62. The van der Waals surface area contributed by atoms with Gasteiger partial charge in [-0.05, 0) is 23.4 Å². The van der Waals surface area contributed by atoms with Gasteiger partial charge in [-0.15, -0.1) is 11.6 Å². The molecule has 0 heterocycles. The number of alkyl halides is 1. The Hall–Kier alpha value is -0.460. The Labute approximate surface area is 110 Å². The van der Waals surface area contributed by atoms with Crippen molar-refractivity contribution in [1.82, 2.24) is 4.42 Å². The molecule has 0 saturated heterocycles. The van der Waals surface area contributed by atoms with E-state index in [1.165, 1.54) is 4.42 Å². The van der Waals surface area contributed by atoms with Gasteiger partial charge in [0, 0.05) is 17.4 Å². The average Bonchev–Trinajstić information content (AvgIpc) is 2.29. The minimum Gasteiger partial charge on any atom is -0.210 e. The predicted molar refractivity (Wildman–Crippen MR) is 67.6 cm³/mol. The second-order valence-corrected chi connectivity index (χ2v) is 4.47. The summed E-state index contributed by atoms with van der Waals surface area (Å²) >= 11 is 17.8. The number of nitriles is 1. The van der Waals surface area contributed by atoms with Crippen LogP contribution in [0.1, 0.15) is 12.0 Å². The van der Waals surface area contributed by atoms with Crippen molar-refractivity contribution in [1.29, 1.82) is 5.26 Å². The minimum atomic E-state index is -0.162. The summed E-state index contributed by atoms with van der Waals surface area (Å²) in [4.78, 5) is 0. The minimum absolute atomic E-state index is 0.162. The van der Waals surface area contributed by atoms with Gasteiger partial charge in [-0.1, -0.05) is 29.8 Å². The largest absolute Gasteiger partial charge is 0.210 e. The number of rotatable bonds is 5. The van der Waals surface area contributed by atoms with E-state index in [0.717, 1.165) is 5.56 Å². The van der Waals surface area contributed by atoms with Crippen molar-refractivity contribution in [3.05, 3.63) is 34.9 Å². The van der Waals surface area contributed by atoms with Gasteiger partial charge in [0.05, 0.1) is 18.5 Å². The van der Waals surface area contributed by atoms with E-state index in [2.05, 4.69) is 6.07 Å². The van der Waals surface area contributed by atoms with Crippen LogP contribution in [0.2, 0.25) is 5.02 Å². The Kier molecular flexibility index (Phi) is 5.94. The molecule has 0 aliphatic heterocycles. The lowest BCUT2D eigenvalue weighted by Gasteiger charge is -2.21. The lowest BCUT2D eigenvalue weighted by Crippen LogP contribution is -2.28. The van der Waals surface area contributed by atoms with Crippen molar-refractivity contribution < 1.29 is 0 Å². The molecule has 0 aliphatic rings. The monoisotopic (exact) mass is 276 g/mol. The highest BCUT2D eigenvalue weighted by molar-refractivity contribution is 6.31. The van der Waals surface area contributed by atoms with Crippen molar-refractivity contribution >= 4 is 35.0 Å². The van der Waals surface area contributed by atoms with Gasteiger partial charge in [0.1, 0.15) is 0 Å². The zero-order valence-corrected chi connectivity index (χ0v) is 10.8.